The highest BCUT2D eigenvalue weighted by atomic mass is 16.5. The Morgan fingerprint density at radius 2 is 1.57 bits per heavy atom. The highest BCUT2D eigenvalue weighted by molar-refractivity contribution is 6.03. The van der Waals surface area contributed by atoms with E-state index in [1.54, 1.807) is 0 Å². The highest BCUT2D eigenvalue weighted by Crippen LogP contribution is 2.22. The third-order valence-corrected chi connectivity index (χ3v) is 4.83. The third-order valence-electron chi connectivity index (χ3n) is 4.83. The fourth-order valence-electron chi connectivity index (χ4n) is 3.40. The molecule has 0 saturated carbocycles. The number of hydrogen-bond donors (Lipinski definition) is 1. The molecule has 0 aliphatic heterocycles. The lowest BCUT2D eigenvalue weighted by molar-refractivity contribution is -0.123. The molecule has 3 aromatic carbocycles. The summed E-state index contributed by atoms with van der Waals surface area (Å²) in [4.78, 5) is 12.1. The van der Waals surface area contributed by atoms with Crippen molar-refractivity contribution in [1.29, 1.82) is 0 Å². The predicted molar refractivity (Wildman–Crippen MR) is 111 cm³/mol. The summed E-state index contributed by atoms with van der Waals surface area (Å²) in [7, 11) is 0. The van der Waals surface area contributed by atoms with Crippen LogP contribution in [0.3, 0.4) is 0 Å². The summed E-state index contributed by atoms with van der Waals surface area (Å²) in [5, 5.41) is 4.33. The molecule has 140 valence electrons. The Bertz CT molecular complexity index is 979. The van der Waals surface area contributed by atoms with Crippen LogP contribution in [0.5, 0.6) is 5.75 Å². The Kier molecular flexibility index (Phi) is 5.48. The Balaban J connectivity index is 1.33. The van der Waals surface area contributed by atoms with E-state index in [4.69, 9.17) is 4.74 Å². The van der Waals surface area contributed by atoms with Gasteiger partial charge in [0.2, 0.25) is 0 Å². The van der Waals surface area contributed by atoms with Gasteiger partial charge in [0.15, 0.2) is 6.61 Å². The number of hydrazone groups is 1. The number of nitrogens with zero attached hydrogens (tertiary/aromatic N) is 1. The Hall–Kier alpha value is -3.40. The zero-order valence-corrected chi connectivity index (χ0v) is 15.6. The van der Waals surface area contributed by atoms with Gasteiger partial charge in [-0.3, -0.25) is 4.79 Å². The van der Waals surface area contributed by atoms with Gasteiger partial charge in [-0.25, -0.2) is 5.43 Å². The molecule has 0 spiro atoms. The number of ether oxygens (including phenoxy) is 1. The maximum atomic E-state index is 12.1. The standard InChI is InChI=1S/C24H22N2O2/c27-24(26-25-23-12-6-10-20-9-4-5-11-22(20)23)17-28-21-15-13-19(14-16-21)18-7-2-1-3-8-18/h1-5,7-9,11,13-16H,6,10,12,17H2,(H,26,27)/b25-23-. The first-order chi connectivity index (χ1) is 13.8. The summed E-state index contributed by atoms with van der Waals surface area (Å²) in [6.07, 6.45) is 2.99. The zero-order chi connectivity index (χ0) is 19.2. The molecule has 0 atom stereocenters. The predicted octanol–water partition coefficient (Wildman–Crippen LogP) is 4.59. The molecule has 0 fully saturated rings. The first kappa shape index (κ1) is 18.0. The lowest BCUT2D eigenvalue weighted by atomic mass is 9.90. The van der Waals surface area contributed by atoms with Gasteiger partial charge < -0.3 is 4.74 Å². The summed E-state index contributed by atoms with van der Waals surface area (Å²) in [5.41, 5.74) is 8.24. The van der Waals surface area contributed by atoms with Crippen molar-refractivity contribution in [3.05, 3.63) is 90.0 Å². The van der Waals surface area contributed by atoms with Crippen molar-refractivity contribution in [1.82, 2.24) is 5.43 Å². The van der Waals surface area contributed by atoms with Crippen molar-refractivity contribution in [2.45, 2.75) is 19.3 Å². The summed E-state index contributed by atoms with van der Waals surface area (Å²) in [6, 6.07) is 26.1. The minimum atomic E-state index is -0.261. The van der Waals surface area contributed by atoms with Gasteiger partial charge in [-0.1, -0.05) is 66.7 Å². The topological polar surface area (TPSA) is 50.7 Å². The SMILES string of the molecule is O=C(COc1ccc(-c2ccccc2)cc1)N/N=C1/CCCc2ccccc21. The Morgan fingerprint density at radius 1 is 0.857 bits per heavy atom. The van der Waals surface area contributed by atoms with Crippen molar-refractivity contribution >= 4 is 11.6 Å². The summed E-state index contributed by atoms with van der Waals surface area (Å²) < 4.78 is 5.59. The smallest absolute Gasteiger partial charge is 0.277 e. The van der Waals surface area contributed by atoms with Gasteiger partial charge in [0.1, 0.15) is 5.75 Å². The second-order valence-electron chi connectivity index (χ2n) is 6.78. The molecule has 1 aliphatic carbocycles. The highest BCUT2D eigenvalue weighted by Gasteiger charge is 2.15. The van der Waals surface area contributed by atoms with E-state index in [-0.39, 0.29) is 12.5 Å². The van der Waals surface area contributed by atoms with Gasteiger partial charge in [-0.15, -0.1) is 0 Å². The Labute approximate surface area is 164 Å². The maximum Gasteiger partial charge on any atom is 0.277 e. The van der Waals surface area contributed by atoms with Gasteiger partial charge in [0.25, 0.3) is 5.91 Å². The van der Waals surface area contributed by atoms with Crippen LogP contribution in [0.2, 0.25) is 0 Å². The Morgan fingerprint density at radius 3 is 2.39 bits per heavy atom. The average molecular weight is 370 g/mol. The van der Waals surface area contributed by atoms with Crippen molar-refractivity contribution < 1.29 is 9.53 Å². The van der Waals surface area contributed by atoms with Gasteiger partial charge in [-0.2, -0.15) is 5.10 Å². The molecule has 3 aromatic rings. The molecule has 4 rings (SSSR count). The van der Waals surface area contributed by atoms with Crippen LogP contribution in [0, 0.1) is 0 Å². The third kappa shape index (κ3) is 4.29. The van der Waals surface area contributed by atoms with Crippen LogP contribution in [-0.2, 0) is 11.2 Å². The number of fused-ring (bicyclic) bond motifs is 1. The fourth-order valence-corrected chi connectivity index (χ4v) is 3.40. The minimum Gasteiger partial charge on any atom is -0.484 e. The number of carbonyl (C=O) groups is 1. The second kappa shape index (κ2) is 8.53. The molecule has 0 heterocycles. The van der Waals surface area contributed by atoms with Crippen LogP contribution in [0.1, 0.15) is 24.0 Å². The molecule has 0 unspecified atom stereocenters. The minimum absolute atomic E-state index is 0.0664. The first-order valence-corrected chi connectivity index (χ1v) is 9.51. The maximum absolute atomic E-state index is 12.1. The van der Waals surface area contributed by atoms with Crippen molar-refractivity contribution in [3.8, 4) is 16.9 Å². The summed E-state index contributed by atoms with van der Waals surface area (Å²) in [6.45, 7) is -0.0664. The molecule has 1 amide bonds. The number of aryl methyl sites for hydroxylation is 1. The average Bonchev–Trinajstić information content (AvgIpc) is 2.77. The van der Waals surface area contributed by atoms with Gasteiger partial charge >= 0.3 is 0 Å². The van der Waals surface area contributed by atoms with Gasteiger partial charge in [0.05, 0.1) is 5.71 Å². The molecule has 0 radical (unpaired) electrons. The molecular weight excluding hydrogens is 348 g/mol. The zero-order valence-electron chi connectivity index (χ0n) is 15.6. The second-order valence-corrected chi connectivity index (χ2v) is 6.78. The monoisotopic (exact) mass is 370 g/mol. The van der Waals surface area contributed by atoms with E-state index < -0.39 is 0 Å². The van der Waals surface area contributed by atoms with E-state index in [0.29, 0.717) is 5.75 Å². The van der Waals surface area contributed by atoms with Crippen LogP contribution < -0.4 is 10.2 Å². The lowest BCUT2D eigenvalue weighted by Gasteiger charge is -2.17. The largest absolute Gasteiger partial charge is 0.484 e. The van der Waals surface area contributed by atoms with Crippen LogP contribution in [0.4, 0.5) is 0 Å². The lowest BCUT2D eigenvalue weighted by Crippen LogP contribution is -2.26. The summed E-state index contributed by atoms with van der Waals surface area (Å²) in [5.74, 6) is 0.396. The quantitative estimate of drug-likeness (QED) is 0.668. The van der Waals surface area contributed by atoms with E-state index >= 15 is 0 Å². The molecule has 28 heavy (non-hydrogen) atoms. The van der Waals surface area contributed by atoms with Gasteiger partial charge in [0, 0.05) is 5.56 Å². The van der Waals surface area contributed by atoms with E-state index in [1.165, 1.54) is 5.56 Å². The number of nitrogens with one attached hydrogen (secondary N) is 1. The number of benzene rings is 3. The number of rotatable bonds is 5. The summed E-state index contributed by atoms with van der Waals surface area (Å²) >= 11 is 0. The van der Waals surface area contributed by atoms with E-state index in [1.807, 2.05) is 54.6 Å². The van der Waals surface area contributed by atoms with E-state index in [9.17, 15) is 4.79 Å². The number of carbonyl (C=O) groups excluding carboxylic acids is 1. The van der Waals surface area contributed by atoms with Crippen molar-refractivity contribution in [2.75, 3.05) is 6.61 Å². The van der Waals surface area contributed by atoms with Crippen LogP contribution >= 0.6 is 0 Å². The van der Waals surface area contributed by atoms with E-state index in [2.05, 4.69) is 34.8 Å². The van der Waals surface area contributed by atoms with Crippen LogP contribution in [0.15, 0.2) is 84.0 Å². The molecule has 1 aliphatic rings. The fraction of sp³-hybridized carbons (Fsp3) is 0.167. The first-order valence-electron chi connectivity index (χ1n) is 9.51. The number of amides is 1. The molecule has 4 nitrogen and oxygen atoms in total. The van der Waals surface area contributed by atoms with Crippen LogP contribution in [0.25, 0.3) is 11.1 Å². The molecule has 0 aromatic heterocycles. The van der Waals surface area contributed by atoms with Crippen LogP contribution in [-0.4, -0.2) is 18.2 Å². The van der Waals surface area contributed by atoms with Crippen molar-refractivity contribution in [2.24, 2.45) is 5.10 Å². The molecule has 1 N–H and O–H groups in total. The normalized spacial score (nSPS) is 14.4. The molecule has 4 heteroatoms. The number of hydrogen-bond acceptors (Lipinski definition) is 3. The van der Waals surface area contributed by atoms with Gasteiger partial charge in [-0.05, 0) is 48.1 Å². The van der Waals surface area contributed by atoms with Crippen molar-refractivity contribution in [3.63, 3.8) is 0 Å². The molecule has 0 bridgehead atoms. The van der Waals surface area contributed by atoms with E-state index in [0.717, 1.165) is 41.7 Å². The molecular formula is C24H22N2O2. The molecule has 0 saturated heterocycles.